The van der Waals surface area contributed by atoms with Crippen molar-refractivity contribution < 1.29 is 13.9 Å². The minimum absolute atomic E-state index is 0.192. The van der Waals surface area contributed by atoms with Gasteiger partial charge in [0, 0.05) is 41.1 Å². The lowest BCUT2D eigenvalue weighted by molar-refractivity contribution is -0.129. The van der Waals surface area contributed by atoms with E-state index in [4.69, 9.17) is 9.15 Å². The van der Waals surface area contributed by atoms with Crippen molar-refractivity contribution in [3.63, 3.8) is 0 Å². The molecule has 2 aliphatic heterocycles. The van der Waals surface area contributed by atoms with Crippen LogP contribution in [0.4, 0.5) is 0 Å². The predicted molar refractivity (Wildman–Crippen MR) is 141 cm³/mol. The number of nitrogens with zero attached hydrogens (tertiary/aromatic N) is 2. The highest BCUT2D eigenvalue weighted by Crippen LogP contribution is 2.38. The summed E-state index contributed by atoms with van der Waals surface area (Å²) in [5, 5.41) is 1.10. The first-order chi connectivity index (χ1) is 16.5. The quantitative estimate of drug-likeness (QED) is 0.373. The van der Waals surface area contributed by atoms with Crippen molar-refractivity contribution in [1.82, 2.24) is 9.80 Å². The number of hydrogen-bond acceptors (Lipinski definition) is 5. The molecule has 0 N–H and O–H groups in total. The van der Waals surface area contributed by atoms with Crippen LogP contribution in [-0.2, 0) is 30.6 Å². The van der Waals surface area contributed by atoms with Crippen molar-refractivity contribution in [2.24, 2.45) is 0 Å². The smallest absolute Gasteiger partial charge is 0.219 e. The van der Waals surface area contributed by atoms with E-state index in [1.807, 2.05) is 28.4 Å². The van der Waals surface area contributed by atoms with Crippen LogP contribution in [0.2, 0.25) is 0 Å². The second kappa shape index (κ2) is 10.0. The highest BCUT2D eigenvalue weighted by atomic mass is 79.9. The molecule has 1 fully saturated rings. The monoisotopic (exact) mass is 544 g/mol. The van der Waals surface area contributed by atoms with Crippen LogP contribution in [0.1, 0.15) is 59.2 Å². The zero-order chi connectivity index (χ0) is 23.8. The van der Waals surface area contributed by atoms with Gasteiger partial charge in [-0.25, -0.2) is 0 Å². The third-order valence-electron chi connectivity index (χ3n) is 7.49. The number of furan rings is 1. The third kappa shape index (κ3) is 4.67. The van der Waals surface area contributed by atoms with E-state index in [2.05, 4.69) is 33.8 Å². The lowest BCUT2D eigenvalue weighted by Gasteiger charge is -2.31. The van der Waals surface area contributed by atoms with E-state index < -0.39 is 0 Å². The number of carbonyl (C=O) groups is 1. The van der Waals surface area contributed by atoms with Crippen LogP contribution in [0.3, 0.4) is 0 Å². The van der Waals surface area contributed by atoms with Crippen LogP contribution < -0.4 is 4.74 Å². The van der Waals surface area contributed by atoms with E-state index in [1.165, 1.54) is 15.3 Å². The van der Waals surface area contributed by atoms with Crippen molar-refractivity contribution in [2.75, 3.05) is 33.3 Å². The topological polar surface area (TPSA) is 45.9 Å². The second-order valence-electron chi connectivity index (χ2n) is 9.49. The van der Waals surface area contributed by atoms with E-state index in [9.17, 15) is 4.79 Å². The average molecular weight is 546 g/mol. The minimum atomic E-state index is 0.192. The summed E-state index contributed by atoms with van der Waals surface area (Å²) < 4.78 is 12.6. The molecule has 0 spiro atoms. The van der Waals surface area contributed by atoms with Crippen molar-refractivity contribution >= 4 is 44.1 Å². The van der Waals surface area contributed by atoms with Gasteiger partial charge in [-0.1, -0.05) is 6.92 Å². The second-order valence-corrected chi connectivity index (χ2v) is 11.5. The lowest BCUT2D eigenvalue weighted by Crippen LogP contribution is -2.34. The number of methoxy groups -OCH3 is 1. The van der Waals surface area contributed by atoms with Crippen molar-refractivity contribution in [3.05, 3.63) is 49.3 Å². The van der Waals surface area contributed by atoms with E-state index in [1.54, 1.807) is 19.6 Å². The first kappa shape index (κ1) is 23.9. The first-order valence-corrected chi connectivity index (χ1v) is 13.9. The molecule has 0 atom stereocenters. The maximum atomic E-state index is 11.8. The van der Waals surface area contributed by atoms with Gasteiger partial charge in [-0.15, -0.1) is 11.3 Å². The van der Waals surface area contributed by atoms with Gasteiger partial charge in [0.15, 0.2) is 0 Å². The number of hydrogen-bond donors (Lipinski definition) is 0. The van der Waals surface area contributed by atoms with E-state index in [0.29, 0.717) is 5.92 Å². The molecule has 0 bridgehead atoms. The zero-order valence-corrected chi connectivity index (χ0v) is 22.7. The van der Waals surface area contributed by atoms with Gasteiger partial charge in [0.05, 0.1) is 18.1 Å². The van der Waals surface area contributed by atoms with Gasteiger partial charge in [0.2, 0.25) is 5.91 Å². The summed E-state index contributed by atoms with van der Waals surface area (Å²) in [6, 6.07) is 6.20. The Kier molecular flexibility index (Phi) is 7.05. The summed E-state index contributed by atoms with van der Waals surface area (Å²) in [4.78, 5) is 19.4. The molecule has 1 aromatic carbocycles. The molecule has 182 valence electrons. The van der Waals surface area contributed by atoms with E-state index >= 15 is 0 Å². The number of likely N-dealkylation sites (tertiary alicyclic amines) is 1. The van der Waals surface area contributed by atoms with Crippen LogP contribution in [-0.4, -0.2) is 49.0 Å². The van der Waals surface area contributed by atoms with Crippen molar-refractivity contribution in [1.29, 1.82) is 0 Å². The molecule has 0 radical (unpaired) electrons. The molecule has 5 nitrogen and oxygen atoms in total. The fourth-order valence-electron chi connectivity index (χ4n) is 5.53. The fraction of sp³-hybridized carbons (Fsp3) is 0.519. The standard InChI is InChI=1S/C27H33BrN2O3S/c1-4-21-22-7-12-30(17(2)31)16-26(22)34-25(21)8-11-29-9-5-18(6-10-29)24-14-19-13-20(32-3)15-23(28)27(19)33-24/h13-15,18H,4-12,16H2,1-3H3. The molecular formula is C27H33BrN2O3S. The van der Waals surface area contributed by atoms with Crippen molar-refractivity contribution in [2.45, 2.75) is 58.4 Å². The number of benzene rings is 1. The number of carbonyl (C=O) groups excluding carboxylic acids is 1. The highest BCUT2D eigenvalue weighted by Gasteiger charge is 2.27. The molecule has 0 aliphatic carbocycles. The molecule has 2 aliphatic rings. The lowest BCUT2D eigenvalue weighted by atomic mass is 9.94. The summed E-state index contributed by atoms with van der Waals surface area (Å²) in [5.41, 5.74) is 4.00. The maximum absolute atomic E-state index is 11.8. The Morgan fingerprint density at radius 2 is 2.03 bits per heavy atom. The number of piperidine rings is 1. The summed E-state index contributed by atoms with van der Waals surface area (Å²) >= 11 is 5.57. The van der Waals surface area contributed by atoms with Gasteiger partial charge in [-0.2, -0.15) is 0 Å². The molecule has 0 unspecified atom stereocenters. The summed E-state index contributed by atoms with van der Waals surface area (Å²) in [6.07, 6.45) is 5.48. The molecule has 34 heavy (non-hydrogen) atoms. The Balaban J connectivity index is 1.20. The number of thiophene rings is 1. The first-order valence-electron chi connectivity index (χ1n) is 12.3. The Bertz CT molecular complexity index is 1190. The number of ether oxygens (including phenoxy) is 1. The molecule has 3 aromatic rings. The SMILES string of the molecule is CCc1c(CCN2CCC(c3cc4cc(OC)cc(Br)c4o3)CC2)sc2c1CCN(C(C)=O)C2. The van der Waals surface area contributed by atoms with E-state index in [-0.39, 0.29) is 5.91 Å². The molecule has 1 amide bonds. The molecule has 4 heterocycles. The van der Waals surface area contributed by atoms with Gasteiger partial charge >= 0.3 is 0 Å². The summed E-state index contributed by atoms with van der Waals surface area (Å²) in [6.45, 7) is 8.95. The van der Waals surface area contributed by atoms with Gasteiger partial charge < -0.3 is 19.0 Å². The fourth-order valence-corrected chi connectivity index (χ4v) is 7.52. The number of fused-ring (bicyclic) bond motifs is 2. The molecule has 1 saturated heterocycles. The molecular weight excluding hydrogens is 512 g/mol. The largest absolute Gasteiger partial charge is 0.497 e. The maximum Gasteiger partial charge on any atom is 0.219 e. The van der Waals surface area contributed by atoms with Crippen LogP contribution in [0, 0.1) is 0 Å². The number of halogens is 1. The Morgan fingerprint density at radius 1 is 1.24 bits per heavy atom. The van der Waals surface area contributed by atoms with Gasteiger partial charge in [-0.05, 0) is 90.4 Å². The van der Waals surface area contributed by atoms with Crippen LogP contribution in [0.15, 0.2) is 27.1 Å². The number of amides is 1. The predicted octanol–water partition coefficient (Wildman–Crippen LogP) is 6.15. The normalized spacial score (nSPS) is 17.4. The number of rotatable bonds is 6. The third-order valence-corrected chi connectivity index (χ3v) is 9.40. The molecule has 5 rings (SSSR count). The van der Waals surface area contributed by atoms with Crippen LogP contribution in [0.25, 0.3) is 11.0 Å². The molecule has 7 heteroatoms. The highest BCUT2D eigenvalue weighted by molar-refractivity contribution is 9.10. The molecule has 2 aromatic heterocycles. The summed E-state index contributed by atoms with van der Waals surface area (Å²) in [5.74, 6) is 2.60. The van der Waals surface area contributed by atoms with Gasteiger partial charge in [-0.3, -0.25) is 4.79 Å². The Hall–Kier alpha value is -1.83. The zero-order valence-electron chi connectivity index (χ0n) is 20.3. The average Bonchev–Trinajstić information content (AvgIpc) is 3.43. The van der Waals surface area contributed by atoms with Gasteiger partial charge in [0.25, 0.3) is 0 Å². The Labute approximate surface area is 214 Å². The van der Waals surface area contributed by atoms with Crippen molar-refractivity contribution in [3.8, 4) is 5.75 Å². The Morgan fingerprint density at radius 3 is 2.74 bits per heavy atom. The van der Waals surface area contributed by atoms with Crippen LogP contribution >= 0.6 is 27.3 Å². The van der Waals surface area contributed by atoms with E-state index in [0.717, 1.165) is 91.8 Å². The van der Waals surface area contributed by atoms with Gasteiger partial charge in [0.1, 0.15) is 17.1 Å². The minimum Gasteiger partial charge on any atom is -0.497 e. The molecule has 0 saturated carbocycles. The summed E-state index contributed by atoms with van der Waals surface area (Å²) in [7, 11) is 1.69. The van der Waals surface area contributed by atoms with Crippen LogP contribution in [0.5, 0.6) is 5.75 Å².